The van der Waals surface area contributed by atoms with Crippen LogP contribution in [0.25, 0.3) is 6.08 Å². The topological polar surface area (TPSA) is 100 Å². The molecule has 210 valence electrons. The van der Waals surface area contributed by atoms with Gasteiger partial charge in [0.25, 0.3) is 5.56 Å². The summed E-state index contributed by atoms with van der Waals surface area (Å²) in [6.45, 7) is 10.1. The van der Waals surface area contributed by atoms with E-state index < -0.39 is 18.0 Å². The molecule has 4 aromatic rings. The number of hydrogen-bond donors (Lipinski definition) is 0. The average Bonchev–Trinajstić information content (AvgIpc) is 3.57. The van der Waals surface area contributed by atoms with Gasteiger partial charge in [0.1, 0.15) is 5.75 Å². The summed E-state index contributed by atoms with van der Waals surface area (Å²) in [5.41, 5.74) is 3.24. The molecule has 2 aromatic carbocycles. The van der Waals surface area contributed by atoms with Crippen LogP contribution in [0, 0.1) is 0 Å². The monoisotopic (exact) mass is 570 g/mol. The third-order valence-electron chi connectivity index (χ3n) is 6.72. The van der Waals surface area contributed by atoms with Crippen molar-refractivity contribution in [3.63, 3.8) is 0 Å². The van der Waals surface area contributed by atoms with Crippen LogP contribution in [0.3, 0.4) is 0 Å². The van der Waals surface area contributed by atoms with Gasteiger partial charge >= 0.3 is 11.9 Å². The van der Waals surface area contributed by atoms with E-state index in [1.807, 2.05) is 18.2 Å². The Labute approximate surface area is 240 Å². The number of aromatic nitrogens is 1. The molecule has 1 unspecified atom stereocenters. The molecule has 0 bridgehead atoms. The molecule has 0 N–H and O–H groups in total. The van der Waals surface area contributed by atoms with E-state index in [1.165, 1.54) is 33.8 Å². The van der Waals surface area contributed by atoms with Crippen molar-refractivity contribution in [3.05, 3.63) is 120 Å². The summed E-state index contributed by atoms with van der Waals surface area (Å²) in [7, 11) is 0. The van der Waals surface area contributed by atoms with Crippen molar-refractivity contribution in [3.8, 4) is 5.75 Å². The van der Waals surface area contributed by atoms with Crippen LogP contribution in [0.15, 0.2) is 92.4 Å². The summed E-state index contributed by atoms with van der Waals surface area (Å²) in [6.07, 6.45) is 3.23. The maximum atomic E-state index is 13.8. The molecule has 9 heteroatoms. The number of furan rings is 1. The van der Waals surface area contributed by atoms with Crippen molar-refractivity contribution < 1.29 is 23.5 Å². The summed E-state index contributed by atoms with van der Waals surface area (Å²) in [6, 6.07) is 17.1. The minimum atomic E-state index is -0.773. The van der Waals surface area contributed by atoms with Crippen molar-refractivity contribution in [1.29, 1.82) is 0 Å². The number of ether oxygens (including phenoxy) is 2. The number of esters is 2. The van der Waals surface area contributed by atoms with Crippen molar-refractivity contribution >= 4 is 29.4 Å². The second kappa shape index (κ2) is 11.2. The first-order chi connectivity index (χ1) is 19.6. The lowest BCUT2D eigenvalue weighted by Gasteiger charge is -2.24. The van der Waals surface area contributed by atoms with Crippen molar-refractivity contribution in [2.45, 2.75) is 46.1 Å². The number of fused-ring (bicyclic) bond motifs is 1. The van der Waals surface area contributed by atoms with Gasteiger partial charge in [-0.25, -0.2) is 14.6 Å². The Morgan fingerprint density at radius 3 is 2.37 bits per heavy atom. The van der Waals surface area contributed by atoms with E-state index in [0.29, 0.717) is 26.3 Å². The van der Waals surface area contributed by atoms with Crippen LogP contribution in [0.5, 0.6) is 5.75 Å². The van der Waals surface area contributed by atoms with Gasteiger partial charge in [-0.3, -0.25) is 9.36 Å². The zero-order chi connectivity index (χ0) is 29.3. The van der Waals surface area contributed by atoms with Gasteiger partial charge in [-0.2, -0.15) is 0 Å². The van der Waals surface area contributed by atoms with E-state index in [2.05, 4.69) is 37.9 Å². The Kier molecular flexibility index (Phi) is 7.64. The van der Waals surface area contributed by atoms with Gasteiger partial charge in [0.2, 0.25) is 5.76 Å². The van der Waals surface area contributed by atoms with Crippen molar-refractivity contribution in [1.82, 2.24) is 4.57 Å². The molecular formula is C32H30N2O6S. The summed E-state index contributed by atoms with van der Waals surface area (Å²) in [4.78, 5) is 44.4. The van der Waals surface area contributed by atoms with Crippen LogP contribution >= 0.6 is 11.3 Å². The highest BCUT2D eigenvalue weighted by atomic mass is 32.1. The molecule has 2 aromatic heterocycles. The number of nitrogens with zero attached hydrogens (tertiary/aromatic N) is 2. The van der Waals surface area contributed by atoms with Gasteiger partial charge in [-0.15, -0.1) is 0 Å². The lowest BCUT2D eigenvalue weighted by atomic mass is 9.87. The molecule has 1 aliphatic heterocycles. The third-order valence-corrected chi connectivity index (χ3v) is 7.70. The molecule has 0 saturated heterocycles. The first-order valence-electron chi connectivity index (χ1n) is 13.2. The SMILES string of the molecule is CCOC(=O)C1=C(C)N=c2sc(=Cc3ccc(C(C)(C)C)cc3)c(=O)n2C1c1ccc(OC(=O)c2ccco2)cc1. The molecule has 5 rings (SSSR count). The van der Waals surface area contributed by atoms with Crippen LogP contribution in [-0.4, -0.2) is 23.1 Å². The lowest BCUT2D eigenvalue weighted by Crippen LogP contribution is -2.39. The van der Waals surface area contributed by atoms with Gasteiger partial charge in [-0.1, -0.05) is 68.5 Å². The number of allylic oxidation sites excluding steroid dienone is 1. The first-order valence-corrected chi connectivity index (χ1v) is 14.0. The fourth-order valence-electron chi connectivity index (χ4n) is 4.61. The predicted molar refractivity (Wildman–Crippen MR) is 156 cm³/mol. The molecule has 0 aliphatic carbocycles. The second-order valence-electron chi connectivity index (χ2n) is 10.6. The molecule has 1 aliphatic rings. The molecule has 41 heavy (non-hydrogen) atoms. The maximum Gasteiger partial charge on any atom is 0.379 e. The van der Waals surface area contributed by atoms with Crippen LogP contribution in [0.4, 0.5) is 0 Å². The summed E-state index contributed by atoms with van der Waals surface area (Å²) in [5.74, 6) is -0.801. The Balaban J connectivity index is 1.57. The molecule has 0 amide bonds. The fraction of sp³-hybridized carbons (Fsp3) is 0.250. The van der Waals surface area contributed by atoms with Gasteiger partial charge < -0.3 is 13.9 Å². The van der Waals surface area contributed by atoms with Gasteiger partial charge in [-0.05, 0) is 66.3 Å². The normalized spacial score (nSPS) is 15.3. The van der Waals surface area contributed by atoms with Gasteiger partial charge in [0, 0.05) is 0 Å². The Morgan fingerprint density at radius 2 is 1.76 bits per heavy atom. The number of hydrogen-bond acceptors (Lipinski definition) is 8. The molecule has 0 spiro atoms. The van der Waals surface area contributed by atoms with Crippen LogP contribution in [-0.2, 0) is 14.9 Å². The van der Waals surface area contributed by atoms with E-state index in [1.54, 1.807) is 44.2 Å². The van der Waals surface area contributed by atoms with Crippen molar-refractivity contribution in [2.24, 2.45) is 4.99 Å². The molecule has 0 fully saturated rings. The van der Waals surface area contributed by atoms with Crippen LogP contribution in [0.2, 0.25) is 0 Å². The van der Waals surface area contributed by atoms with Crippen molar-refractivity contribution in [2.75, 3.05) is 6.61 Å². The Morgan fingerprint density at radius 1 is 1.05 bits per heavy atom. The number of carbonyl (C=O) groups is 2. The van der Waals surface area contributed by atoms with E-state index in [0.717, 1.165) is 5.56 Å². The highest BCUT2D eigenvalue weighted by molar-refractivity contribution is 7.07. The smallest absolute Gasteiger partial charge is 0.379 e. The Hall–Kier alpha value is -4.50. The van der Waals surface area contributed by atoms with E-state index >= 15 is 0 Å². The zero-order valence-corrected chi connectivity index (χ0v) is 24.3. The van der Waals surface area contributed by atoms with E-state index in [9.17, 15) is 14.4 Å². The lowest BCUT2D eigenvalue weighted by molar-refractivity contribution is -0.139. The molecule has 8 nitrogen and oxygen atoms in total. The highest BCUT2D eigenvalue weighted by Gasteiger charge is 2.33. The highest BCUT2D eigenvalue weighted by Crippen LogP contribution is 2.32. The minimum absolute atomic E-state index is 0.0194. The summed E-state index contributed by atoms with van der Waals surface area (Å²) >= 11 is 1.27. The first kappa shape index (κ1) is 28.0. The second-order valence-corrected chi connectivity index (χ2v) is 11.6. The molecule has 0 radical (unpaired) electrons. The predicted octanol–water partition coefficient (Wildman–Crippen LogP) is 4.91. The molecule has 1 atom stereocenters. The fourth-order valence-corrected chi connectivity index (χ4v) is 5.65. The van der Waals surface area contributed by atoms with E-state index in [4.69, 9.17) is 13.9 Å². The van der Waals surface area contributed by atoms with Gasteiger partial charge in [0.05, 0.1) is 34.7 Å². The largest absolute Gasteiger partial charge is 0.463 e. The van der Waals surface area contributed by atoms with E-state index in [-0.39, 0.29) is 28.9 Å². The van der Waals surface area contributed by atoms with Gasteiger partial charge in [0.15, 0.2) is 4.80 Å². The third kappa shape index (κ3) is 5.71. The zero-order valence-electron chi connectivity index (χ0n) is 23.5. The van der Waals surface area contributed by atoms with Crippen LogP contribution < -0.4 is 19.6 Å². The Bertz CT molecular complexity index is 1800. The number of rotatable bonds is 6. The number of thiazole rings is 1. The quantitative estimate of drug-likeness (QED) is 0.241. The molecule has 0 saturated carbocycles. The standard InChI is InChI=1S/C32H30N2O6S/c1-6-38-30(37)26-19(2)33-31-34(28(35)25(41-31)18-20-9-13-22(14-10-20)32(3,4)5)27(26)21-11-15-23(16-12-21)40-29(36)24-8-7-17-39-24/h7-18,27H,6H2,1-5H3. The number of benzene rings is 2. The summed E-state index contributed by atoms with van der Waals surface area (Å²) in [5, 5.41) is 0. The molecular weight excluding hydrogens is 540 g/mol. The average molecular weight is 571 g/mol. The number of carbonyl (C=O) groups excluding carboxylic acids is 2. The summed E-state index contributed by atoms with van der Waals surface area (Å²) < 4.78 is 17.9. The van der Waals surface area contributed by atoms with Crippen LogP contribution in [0.1, 0.15) is 67.9 Å². The minimum Gasteiger partial charge on any atom is -0.463 e. The maximum absolute atomic E-state index is 13.8. The molecule has 3 heterocycles.